The van der Waals surface area contributed by atoms with Crippen LogP contribution in [-0.4, -0.2) is 70.1 Å². The third kappa shape index (κ3) is 8.96. The normalized spacial score (nSPS) is 15.2. The van der Waals surface area contributed by atoms with Crippen LogP contribution in [0.25, 0.3) is 0 Å². The van der Waals surface area contributed by atoms with E-state index in [1.54, 1.807) is 7.11 Å². The number of benzene rings is 1. The smallest absolute Gasteiger partial charge is 0.194 e. The van der Waals surface area contributed by atoms with E-state index in [-0.39, 0.29) is 24.0 Å². The minimum atomic E-state index is 0. The van der Waals surface area contributed by atoms with E-state index in [0.717, 1.165) is 69.4 Å². The summed E-state index contributed by atoms with van der Waals surface area (Å²) in [5, 5.41) is 3.40. The van der Waals surface area contributed by atoms with Crippen molar-refractivity contribution in [3.05, 3.63) is 29.8 Å². The van der Waals surface area contributed by atoms with Crippen LogP contribution in [0.2, 0.25) is 0 Å². The van der Waals surface area contributed by atoms with Gasteiger partial charge >= 0.3 is 0 Å². The van der Waals surface area contributed by atoms with Gasteiger partial charge in [-0.2, -0.15) is 0 Å². The van der Waals surface area contributed by atoms with Gasteiger partial charge in [0.15, 0.2) is 5.96 Å². The molecule has 1 heterocycles. The fourth-order valence-corrected chi connectivity index (χ4v) is 3.14. The van der Waals surface area contributed by atoms with Gasteiger partial charge in [-0.05, 0) is 44.7 Å². The van der Waals surface area contributed by atoms with Gasteiger partial charge in [0, 0.05) is 40.0 Å². The highest BCUT2D eigenvalue weighted by Gasteiger charge is 2.21. The van der Waals surface area contributed by atoms with Gasteiger partial charge in [-0.15, -0.1) is 24.0 Å². The van der Waals surface area contributed by atoms with Crippen molar-refractivity contribution in [1.29, 1.82) is 0 Å². The Labute approximate surface area is 187 Å². The number of rotatable bonds is 10. The van der Waals surface area contributed by atoms with Gasteiger partial charge in [-0.25, -0.2) is 4.99 Å². The quantitative estimate of drug-likeness (QED) is 0.229. The number of hydrogen-bond donors (Lipinski definition) is 1. The van der Waals surface area contributed by atoms with E-state index in [2.05, 4.69) is 30.1 Å². The number of nitrogens with zero attached hydrogens (tertiary/aromatic N) is 2. The van der Waals surface area contributed by atoms with Crippen LogP contribution in [-0.2, 0) is 9.47 Å². The molecule has 28 heavy (non-hydrogen) atoms. The first-order valence-electron chi connectivity index (χ1n) is 10.1. The Balaban J connectivity index is 0.00000392. The lowest BCUT2D eigenvalue weighted by Gasteiger charge is -2.34. The number of ether oxygens (including phenoxy) is 3. The molecule has 2 rings (SSSR count). The molecule has 0 atom stereocenters. The highest BCUT2D eigenvalue weighted by molar-refractivity contribution is 14.0. The van der Waals surface area contributed by atoms with Crippen molar-refractivity contribution in [2.24, 2.45) is 4.99 Å². The van der Waals surface area contributed by atoms with Crippen molar-refractivity contribution in [2.75, 3.05) is 53.1 Å². The number of para-hydroxylation sites is 1. The Kier molecular flexibility index (Phi) is 13.3. The van der Waals surface area contributed by atoms with Gasteiger partial charge < -0.3 is 24.4 Å². The van der Waals surface area contributed by atoms with Crippen LogP contribution in [0.3, 0.4) is 0 Å². The topological polar surface area (TPSA) is 55.3 Å². The second-order valence-corrected chi connectivity index (χ2v) is 6.75. The van der Waals surface area contributed by atoms with E-state index >= 15 is 0 Å². The Morgan fingerprint density at radius 3 is 2.61 bits per heavy atom. The maximum Gasteiger partial charge on any atom is 0.194 e. The van der Waals surface area contributed by atoms with Gasteiger partial charge in [0.2, 0.25) is 0 Å². The van der Waals surface area contributed by atoms with E-state index in [0.29, 0.717) is 19.3 Å². The lowest BCUT2D eigenvalue weighted by Crippen LogP contribution is -2.47. The average Bonchev–Trinajstić information content (AvgIpc) is 2.69. The summed E-state index contributed by atoms with van der Waals surface area (Å²) in [6.45, 7) is 9.74. The van der Waals surface area contributed by atoms with E-state index < -0.39 is 0 Å². The third-order valence-corrected chi connectivity index (χ3v) is 4.63. The Morgan fingerprint density at radius 1 is 1.18 bits per heavy atom. The highest BCUT2D eigenvalue weighted by atomic mass is 127. The molecule has 0 aromatic heterocycles. The molecule has 7 heteroatoms. The van der Waals surface area contributed by atoms with Crippen molar-refractivity contribution >= 4 is 29.9 Å². The van der Waals surface area contributed by atoms with Crippen molar-refractivity contribution in [3.8, 4) is 5.75 Å². The first-order valence-corrected chi connectivity index (χ1v) is 10.1. The molecule has 0 amide bonds. The summed E-state index contributed by atoms with van der Waals surface area (Å²) in [5.74, 6) is 1.91. The van der Waals surface area contributed by atoms with Gasteiger partial charge in [-0.3, -0.25) is 0 Å². The molecule has 1 aliphatic heterocycles. The lowest BCUT2D eigenvalue weighted by atomic mass is 10.1. The number of methoxy groups -OCH3 is 1. The average molecular weight is 505 g/mol. The van der Waals surface area contributed by atoms with E-state index in [9.17, 15) is 0 Å². The molecule has 1 aliphatic rings. The Bertz CT molecular complexity index is 564. The summed E-state index contributed by atoms with van der Waals surface area (Å²) < 4.78 is 16.9. The summed E-state index contributed by atoms with van der Waals surface area (Å²) in [6, 6.07) is 8.08. The second kappa shape index (κ2) is 14.9. The molecule has 1 aromatic carbocycles. The largest absolute Gasteiger partial charge is 0.491 e. The van der Waals surface area contributed by atoms with Crippen LogP contribution in [0.4, 0.5) is 0 Å². The molecule has 0 spiro atoms. The first-order chi connectivity index (χ1) is 13.2. The highest BCUT2D eigenvalue weighted by Crippen LogP contribution is 2.16. The maximum atomic E-state index is 5.94. The summed E-state index contributed by atoms with van der Waals surface area (Å²) >= 11 is 0. The van der Waals surface area contributed by atoms with Gasteiger partial charge in [-0.1, -0.05) is 18.2 Å². The zero-order valence-electron chi connectivity index (χ0n) is 17.5. The summed E-state index contributed by atoms with van der Waals surface area (Å²) in [4.78, 5) is 7.07. The monoisotopic (exact) mass is 505 g/mol. The number of piperidine rings is 1. The number of nitrogens with one attached hydrogen (secondary N) is 1. The number of hydrogen-bond acceptors (Lipinski definition) is 4. The number of halogens is 1. The van der Waals surface area contributed by atoms with Crippen LogP contribution in [0.15, 0.2) is 29.3 Å². The standard InChI is InChI=1S/C21H35N3O3.HI/c1-4-22-21(23-12-17-27-20-9-6-5-8-18(20)2)24-13-10-19(11-14-24)26-16-7-15-25-3;/h5-6,8-9,19H,4,7,10-17H2,1-3H3,(H,22,23);1H. The summed E-state index contributed by atoms with van der Waals surface area (Å²) in [7, 11) is 1.73. The van der Waals surface area contributed by atoms with Gasteiger partial charge in [0.25, 0.3) is 0 Å². The maximum absolute atomic E-state index is 5.94. The van der Waals surface area contributed by atoms with Crippen LogP contribution >= 0.6 is 24.0 Å². The van der Waals surface area contributed by atoms with E-state index in [1.807, 2.05) is 18.2 Å². The molecule has 1 fully saturated rings. The minimum absolute atomic E-state index is 0. The molecule has 0 unspecified atom stereocenters. The van der Waals surface area contributed by atoms with Gasteiger partial charge in [0.1, 0.15) is 12.4 Å². The number of likely N-dealkylation sites (tertiary alicyclic amines) is 1. The Morgan fingerprint density at radius 2 is 1.93 bits per heavy atom. The molecule has 0 aliphatic carbocycles. The SMILES string of the molecule is CCNC(=NCCOc1ccccc1C)N1CCC(OCCCOC)CC1.I. The van der Waals surface area contributed by atoms with Crippen molar-refractivity contribution < 1.29 is 14.2 Å². The first kappa shape index (κ1) is 25.0. The molecule has 1 aromatic rings. The minimum Gasteiger partial charge on any atom is -0.491 e. The molecule has 1 N–H and O–H groups in total. The van der Waals surface area contributed by atoms with Crippen LogP contribution < -0.4 is 10.1 Å². The predicted molar refractivity (Wildman–Crippen MR) is 125 cm³/mol. The molecule has 160 valence electrons. The zero-order chi connectivity index (χ0) is 19.3. The van der Waals surface area contributed by atoms with E-state index in [4.69, 9.17) is 19.2 Å². The molecule has 0 radical (unpaired) electrons. The van der Waals surface area contributed by atoms with E-state index in [1.165, 1.54) is 0 Å². The molecule has 1 saturated heterocycles. The fourth-order valence-electron chi connectivity index (χ4n) is 3.14. The molecule has 0 bridgehead atoms. The third-order valence-electron chi connectivity index (χ3n) is 4.63. The van der Waals surface area contributed by atoms with Crippen molar-refractivity contribution in [3.63, 3.8) is 0 Å². The number of aliphatic imine (C=N–C) groups is 1. The fraction of sp³-hybridized carbons (Fsp3) is 0.667. The predicted octanol–water partition coefficient (Wildman–Crippen LogP) is 3.47. The number of aryl methyl sites for hydroxylation is 1. The van der Waals surface area contributed by atoms with Crippen molar-refractivity contribution in [2.45, 2.75) is 39.2 Å². The van der Waals surface area contributed by atoms with Crippen molar-refractivity contribution in [1.82, 2.24) is 10.2 Å². The summed E-state index contributed by atoms with van der Waals surface area (Å²) in [6.07, 6.45) is 3.39. The second-order valence-electron chi connectivity index (χ2n) is 6.75. The summed E-state index contributed by atoms with van der Waals surface area (Å²) in [5.41, 5.74) is 1.15. The molecular formula is C21H36IN3O3. The molecule has 0 saturated carbocycles. The van der Waals surface area contributed by atoms with Crippen LogP contribution in [0.5, 0.6) is 5.75 Å². The Hall–Kier alpha value is -1.06. The van der Waals surface area contributed by atoms with Crippen LogP contribution in [0.1, 0.15) is 31.7 Å². The zero-order valence-corrected chi connectivity index (χ0v) is 19.8. The van der Waals surface area contributed by atoms with Gasteiger partial charge in [0.05, 0.1) is 12.6 Å². The molecule has 6 nitrogen and oxygen atoms in total. The number of guanidine groups is 1. The lowest BCUT2D eigenvalue weighted by molar-refractivity contribution is 0.00990. The van der Waals surface area contributed by atoms with Crippen LogP contribution in [0, 0.1) is 6.92 Å². The molecular weight excluding hydrogens is 469 g/mol.